The number of rotatable bonds is 10. The van der Waals surface area contributed by atoms with Crippen molar-refractivity contribution in [1.29, 1.82) is 0 Å². The summed E-state index contributed by atoms with van der Waals surface area (Å²) in [5.74, 6) is 0. The lowest BCUT2D eigenvalue weighted by atomic mass is 9.87. The molecule has 0 aromatic heterocycles. The molecule has 3 heterocycles. The highest BCUT2D eigenvalue weighted by molar-refractivity contribution is 5.59. The summed E-state index contributed by atoms with van der Waals surface area (Å²) in [5.41, 5.74) is 2.76. The largest absolute Gasteiger partial charge is 0.388 e. The van der Waals surface area contributed by atoms with E-state index in [-0.39, 0.29) is 18.3 Å². The van der Waals surface area contributed by atoms with Crippen LogP contribution in [0.3, 0.4) is 0 Å². The fourth-order valence-corrected chi connectivity index (χ4v) is 3.45. The van der Waals surface area contributed by atoms with E-state index in [2.05, 4.69) is 6.58 Å². The Kier molecular flexibility index (Phi) is 5.14. The number of epoxide rings is 3. The molecule has 3 aliphatic rings. The fourth-order valence-electron chi connectivity index (χ4n) is 3.45. The number of benzene rings is 1. The van der Waals surface area contributed by atoms with Crippen molar-refractivity contribution >= 4 is 6.08 Å². The summed E-state index contributed by atoms with van der Waals surface area (Å²) in [6.45, 7) is 5.87. The predicted molar refractivity (Wildman–Crippen MR) is 94.5 cm³/mol. The number of hydrogen-bond acceptors (Lipinski definition) is 6. The molecule has 0 radical (unpaired) electrons. The van der Waals surface area contributed by atoms with Crippen molar-refractivity contribution in [3.05, 3.63) is 41.0 Å². The van der Waals surface area contributed by atoms with Crippen LogP contribution in [-0.2, 0) is 14.2 Å². The summed E-state index contributed by atoms with van der Waals surface area (Å²) in [7, 11) is 0. The van der Waals surface area contributed by atoms with E-state index in [4.69, 9.17) is 14.2 Å². The Morgan fingerprint density at radius 3 is 1.58 bits per heavy atom. The van der Waals surface area contributed by atoms with Crippen LogP contribution in [0.15, 0.2) is 18.7 Å². The number of aliphatic hydroxyl groups excluding tert-OH is 3. The summed E-state index contributed by atoms with van der Waals surface area (Å²) < 4.78 is 15.7. The van der Waals surface area contributed by atoms with Crippen LogP contribution in [-0.4, -0.2) is 53.5 Å². The van der Waals surface area contributed by atoms with Crippen molar-refractivity contribution in [3.8, 4) is 0 Å². The molecule has 0 saturated carbocycles. The molecule has 3 fully saturated rings. The third kappa shape index (κ3) is 4.34. The Bertz CT molecular complexity index is 621. The molecular formula is C20H26O6. The van der Waals surface area contributed by atoms with Gasteiger partial charge in [0.25, 0.3) is 0 Å². The van der Waals surface area contributed by atoms with Crippen LogP contribution in [0.2, 0.25) is 0 Å². The normalized spacial score (nSPS) is 29.7. The van der Waals surface area contributed by atoms with Crippen LogP contribution in [0.4, 0.5) is 0 Å². The molecule has 1 aromatic rings. The summed E-state index contributed by atoms with van der Waals surface area (Å²) in [6.07, 6.45) is 1.23. The van der Waals surface area contributed by atoms with E-state index in [0.717, 1.165) is 5.56 Å². The van der Waals surface area contributed by atoms with Crippen LogP contribution in [0, 0.1) is 0 Å². The lowest BCUT2D eigenvalue weighted by Gasteiger charge is -2.23. The molecule has 142 valence electrons. The van der Waals surface area contributed by atoms with E-state index in [1.54, 1.807) is 6.08 Å². The van der Waals surface area contributed by atoms with Crippen molar-refractivity contribution in [2.45, 2.75) is 55.9 Å². The topological polar surface area (TPSA) is 98.3 Å². The van der Waals surface area contributed by atoms with Crippen molar-refractivity contribution in [1.82, 2.24) is 0 Å². The maximum atomic E-state index is 10.7. The second-order valence-electron chi connectivity index (χ2n) is 7.44. The second-order valence-corrected chi connectivity index (χ2v) is 7.44. The molecule has 0 amide bonds. The van der Waals surface area contributed by atoms with Crippen LogP contribution >= 0.6 is 0 Å². The second kappa shape index (κ2) is 7.38. The number of ether oxygens (including phenoxy) is 3. The molecule has 1 aromatic carbocycles. The first-order valence-electron chi connectivity index (χ1n) is 9.24. The van der Waals surface area contributed by atoms with Gasteiger partial charge >= 0.3 is 0 Å². The highest BCUT2D eigenvalue weighted by atomic mass is 16.6. The lowest BCUT2D eigenvalue weighted by molar-refractivity contribution is 0.142. The molecule has 0 bridgehead atoms. The molecule has 6 atom stereocenters. The van der Waals surface area contributed by atoms with E-state index in [1.807, 2.05) is 12.1 Å². The third-order valence-corrected chi connectivity index (χ3v) is 5.24. The molecule has 3 saturated heterocycles. The predicted octanol–water partition coefficient (Wildman–Crippen LogP) is 1.80. The Balaban J connectivity index is 1.66. The van der Waals surface area contributed by atoms with Gasteiger partial charge in [0.05, 0.1) is 56.4 Å². The van der Waals surface area contributed by atoms with Gasteiger partial charge in [0.2, 0.25) is 0 Å². The molecule has 6 nitrogen and oxygen atoms in total. The van der Waals surface area contributed by atoms with Gasteiger partial charge in [0.15, 0.2) is 0 Å². The molecule has 0 spiro atoms. The van der Waals surface area contributed by atoms with Gasteiger partial charge in [0, 0.05) is 19.3 Å². The van der Waals surface area contributed by atoms with Gasteiger partial charge in [-0.15, -0.1) is 0 Å². The first-order chi connectivity index (χ1) is 12.5. The Hall–Kier alpha value is -1.28. The van der Waals surface area contributed by atoms with Gasteiger partial charge in [-0.25, -0.2) is 0 Å². The van der Waals surface area contributed by atoms with Crippen LogP contribution < -0.4 is 0 Å². The van der Waals surface area contributed by atoms with Gasteiger partial charge in [-0.3, -0.25) is 0 Å². The minimum absolute atomic E-state index is 0.0735. The highest BCUT2D eigenvalue weighted by Gasteiger charge is 2.32. The fraction of sp³-hybridized carbons (Fsp3) is 0.600. The number of aliphatic hydroxyl groups is 3. The summed E-state index contributed by atoms with van der Waals surface area (Å²) in [6, 6.07) is 3.64. The minimum Gasteiger partial charge on any atom is -0.388 e. The highest BCUT2D eigenvalue weighted by Crippen LogP contribution is 2.37. The van der Waals surface area contributed by atoms with Crippen molar-refractivity contribution in [2.75, 3.05) is 19.8 Å². The Labute approximate surface area is 153 Å². The van der Waals surface area contributed by atoms with Gasteiger partial charge in [-0.1, -0.05) is 12.7 Å². The van der Waals surface area contributed by atoms with Crippen LogP contribution in [0.5, 0.6) is 0 Å². The molecule has 4 rings (SSSR count). The monoisotopic (exact) mass is 362 g/mol. The standard InChI is InChI=1S/C20H26O6/c1-2-15-16(19(22)6-13-9-25-13)3-11(18(21)5-12-8-24-12)4-17(15)20(23)7-14-10-26-14/h2-4,12-14,18-23H,1,5-10H2. The minimum atomic E-state index is -0.733. The van der Waals surface area contributed by atoms with Crippen molar-refractivity contribution in [2.24, 2.45) is 0 Å². The summed E-state index contributed by atoms with van der Waals surface area (Å²) in [5, 5.41) is 32.0. The molecule has 6 unspecified atom stereocenters. The quantitative estimate of drug-likeness (QED) is 0.549. The first-order valence-corrected chi connectivity index (χ1v) is 9.24. The zero-order valence-electron chi connectivity index (χ0n) is 14.7. The van der Waals surface area contributed by atoms with E-state index < -0.39 is 18.3 Å². The summed E-state index contributed by atoms with van der Waals surface area (Å²) >= 11 is 0. The molecule has 3 N–H and O–H groups in total. The van der Waals surface area contributed by atoms with Crippen LogP contribution in [0.25, 0.3) is 6.08 Å². The number of hydrogen-bond donors (Lipinski definition) is 3. The van der Waals surface area contributed by atoms with E-state index >= 15 is 0 Å². The zero-order chi connectivity index (χ0) is 18.3. The molecular weight excluding hydrogens is 336 g/mol. The van der Waals surface area contributed by atoms with Crippen molar-refractivity contribution < 1.29 is 29.5 Å². The Morgan fingerprint density at radius 2 is 1.23 bits per heavy atom. The zero-order valence-corrected chi connectivity index (χ0v) is 14.7. The van der Waals surface area contributed by atoms with E-state index in [1.165, 1.54) is 0 Å². The summed E-state index contributed by atoms with van der Waals surface area (Å²) in [4.78, 5) is 0. The Morgan fingerprint density at radius 1 is 0.846 bits per heavy atom. The maximum absolute atomic E-state index is 10.7. The first kappa shape index (κ1) is 18.1. The SMILES string of the molecule is C=Cc1c(C(O)CC2CO2)cc(C(O)CC2CO2)cc1C(O)CC1CO1. The van der Waals surface area contributed by atoms with Gasteiger partial charge in [0.1, 0.15) is 0 Å². The molecule has 0 aliphatic carbocycles. The third-order valence-electron chi connectivity index (χ3n) is 5.24. The van der Waals surface area contributed by atoms with Gasteiger partial charge in [-0.2, -0.15) is 0 Å². The van der Waals surface area contributed by atoms with Gasteiger partial charge < -0.3 is 29.5 Å². The average molecular weight is 362 g/mol. The van der Waals surface area contributed by atoms with Crippen LogP contribution in [0.1, 0.15) is 59.8 Å². The molecule has 3 aliphatic heterocycles. The molecule has 26 heavy (non-hydrogen) atoms. The smallest absolute Gasteiger partial charge is 0.0837 e. The van der Waals surface area contributed by atoms with E-state index in [9.17, 15) is 15.3 Å². The lowest BCUT2D eigenvalue weighted by Crippen LogP contribution is -2.12. The maximum Gasteiger partial charge on any atom is 0.0837 e. The van der Waals surface area contributed by atoms with Crippen molar-refractivity contribution in [3.63, 3.8) is 0 Å². The average Bonchev–Trinajstić information content (AvgIpc) is 3.42. The van der Waals surface area contributed by atoms with Gasteiger partial charge in [-0.05, 0) is 34.4 Å². The molecule has 6 heteroatoms. The van der Waals surface area contributed by atoms with E-state index in [0.29, 0.717) is 55.8 Å².